The Labute approximate surface area is 166 Å². The zero-order valence-electron chi connectivity index (χ0n) is 15.5. The number of aromatic nitrogens is 2. The smallest absolute Gasteiger partial charge is 0.314 e. The number of carbonyl (C=O) groups excluding carboxylic acids is 2. The van der Waals surface area contributed by atoms with E-state index in [2.05, 4.69) is 39.5 Å². The summed E-state index contributed by atoms with van der Waals surface area (Å²) in [5, 5.41) is 10.6. The zero-order chi connectivity index (χ0) is 19.8. The molecule has 1 amide bonds. The fourth-order valence-electron chi connectivity index (χ4n) is 3.58. The molecule has 0 aliphatic carbocycles. The first-order valence-corrected chi connectivity index (χ1v) is 9.41. The van der Waals surface area contributed by atoms with Crippen LogP contribution in [-0.4, -0.2) is 34.9 Å². The lowest BCUT2D eigenvalue weighted by Gasteiger charge is -2.03. The van der Waals surface area contributed by atoms with Crippen LogP contribution in [0.1, 0.15) is 16.8 Å². The summed E-state index contributed by atoms with van der Waals surface area (Å²) in [4.78, 5) is 28.0. The second kappa shape index (κ2) is 6.98. The third-order valence-electron chi connectivity index (χ3n) is 5.18. The summed E-state index contributed by atoms with van der Waals surface area (Å²) < 4.78 is 4.89. The van der Waals surface area contributed by atoms with E-state index in [9.17, 15) is 9.59 Å². The quantitative estimate of drug-likeness (QED) is 0.425. The fourth-order valence-corrected chi connectivity index (χ4v) is 3.58. The number of amides is 1. The third kappa shape index (κ3) is 3.18. The van der Waals surface area contributed by atoms with Crippen LogP contribution in [-0.2, 0) is 9.53 Å². The van der Waals surface area contributed by atoms with Gasteiger partial charge in [0.2, 0.25) is 0 Å². The fraction of sp³-hybridized carbons (Fsp3) is 0.130. The Hall–Kier alpha value is -3.80. The number of ether oxygens (including phenoxy) is 1. The molecule has 6 heteroatoms. The summed E-state index contributed by atoms with van der Waals surface area (Å²) in [5.74, 6) is -1.16. The molecule has 1 saturated heterocycles. The molecule has 1 atom stereocenters. The number of hydrogen-bond donors (Lipinski definition) is 1. The average molecular weight is 383 g/mol. The number of H-pyrrole nitrogens is 1. The summed E-state index contributed by atoms with van der Waals surface area (Å²) in [6.07, 6.45) is 1.95. The second-order valence-corrected chi connectivity index (χ2v) is 7.04. The van der Waals surface area contributed by atoms with Crippen molar-refractivity contribution in [1.29, 1.82) is 0 Å². The van der Waals surface area contributed by atoms with Gasteiger partial charge in [-0.2, -0.15) is 5.10 Å². The maximum Gasteiger partial charge on any atom is 0.314 e. The molecule has 5 rings (SSSR count). The summed E-state index contributed by atoms with van der Waals surface area (Å²) in [6.45, 7) is 0.375. The van der Waals surface area contributed by atoms with Gasteiger partial charge in [0.25, 0.3) is 5.91 Å². The Morgan fingerprint density at radius 3 is 2.79 bits per heavy atom. The van der Waals surface area contributed by atoms with Crippen molar-refractivity contribution >= 4 is 39.8 Å². The van der Waals surface area contributed by atoms with Gasteiger partial charge in [0.05, 0.1) is 23.7 Å². The lowest BCUT2D eigenvalue weighted by atomic mass is 10.0. The van der Waals surface area contributed by atoms with E-state index in [1.165, 1.54) is 6.21 Å². The molecule has 1 aliphatic heterocycles. The van der Waals surface area contributed by atoms with Crippen LogP contribution in [0.25, 0.3) is 32.9 Å². The van der Waals surface area contributed by atoms with Crippen LogP contribution in [0.5, 0.6) is 0 Å². The van der Waals surface area contributed by atoms with Crippen molar-refractivity contribution in [3.05, 3.63) is 66.2 Å². The Morgan fingerprint density at radius 1 is 1.10 bits per heavy atom. The maximum absolute atomic E-state index is 12.5. The van der Waals surface area contributed by atoms with Gasteiger partial charge >= 0.3 is 5.97 Å². The first-order valence-electron chi connectivity index (χ1n) is 9.41. The second-order valence-electron chi connectivity index (χ2n) is 7.04. The molecular weight excluding hydrogens is 366 g/mol. The molecule has 29 heavy (non-hydrogen) atoms. The molecule has 1 fully saturated rings. The van der Waals surface area contributed by atoms with Gasteiger partial charge in [0.1, 0.15) is 0 Å². The van der Waals surface area contributed by atoms with Gasteiger partial charge in [-0.25, -0.2) is 4.99 Å². The standard InChI is InChI=1S/C23H17N3O3/c27-22(24-13-18-9-10-29-23(18)28)17-7-8-20-19(12-17)21(26-25-20)16-6-5-14-3-1-2-4-15(14)11-16/h1-8,11-13,18H,9-10H2,(H,25,26). The maximum atomic E-state index is 12.5. The molecule has 0 spiro atoms. The van der Waals surface area contributed by atoms with Crippen LogP contribution in [0.4, 0.5) is 0 Å². The topological polar surface area (TPSA) is 84.4 Å². The summed E-state index contributed by atoms with van der Waals surface area (Å²) in [6, 6.07) is 19.6. The zero-order valence-corrected chi connectivity index (χ0v) is 15.5. The summed E-state index contributed by atoms with van der Waals surface area (Å²) in [5.41, 5.74) is 3.04. The minimum atomic E-state index is -0.440. The van der Waals surface area contributed by atoms with Gasteiger partial charge in [0.15, 0.2) is 0 Å². The molecule has 6 nitrogen and oxygen atoms in total. The number of carbonyl (C=O) groups is 2. The highest BCUT2D eigenvalue weighted by atomic mass is 16.5. The molecule has 0 saturated carbocycles. The molecule has 3 aromatic carbocycles. The SMILES string of the molecule is O=C(N=CC1CCOC1=O)c1ccc2[nH]nc(-c3ccc4ccccc4c3)c2c1. The molecule has 1 aliphatic rings. The average Bonchev–Trinajstić information content (AvgIpc) is 3.37. The molecular formula is C23H17N3O3. The van der Waals surface area contributed by atoms with E-state index >= 15 is 0 Å². The Kier molecular flexibility index (Phi) is 4.17. The molecule has 0 radical (unpaired) electrons. The van der Waals surface area contributed by atoms with Crippen molar-refractivity contribution < 1.29 is 14.3 Å². The molecule has 4 aromatic rings. The molecule has 142 valence electrons. The number of fused-ring (bicyclic) bond motifs is 2. The van der Waals surface area contributed by atoms with Crippen molar-refractivity contribution in [2.45, 2.75) is 6.42 Å². The van der Waals surface area contributed by atoms with Crippen molar-refractivity contribution in [3.8, 4) is 11.3 Å². The van der Waals surface area contributed by atoms with Gasteiger partial charge in [0, 0.05) is 22.7 Å². The minimum Gasteiger partial charge on any atom is -0.465 e. The van der Waals surface area contributed by atoms with E-state index in [1.54, 1.807) is 12.1 Å². The highest BCUT2D eigenvalue weighted by molar-refractivity contribution is 6.06. The third-order valence-corrected chi connectivity index (χ3v) is 5.18. The van der Waals surface area contributed by atoms with E-state index in [1.807, 2.05) is 24.3 Å². The van der Waals surface area contributed by atoms with Crippen LogP contribution in [0.3, 0.4) is 0 Å². The number of nitrogens with one attached hydrogen (secondary N) is 1. The van der Waals surface area contributed by atoms with Gasteiger partial charge in [-0.05, 0) is 41.5 Å². The van der Waals surface area contributed by atoms with E-state index in [4.69, 9.17) is 4.74 Å². The van der Waals surface area contributed by atoms with Gasteiger partial charge in [-0.15, -0.1) is 0 Å². The van der Waals surface area contributed by atoms with Crippen LogP contribution >= 0.6 is 0 Å². The monoisotopic (exact) mass is 383 g/mol. The predicted octanol–water partition coefficient (Wildman–Crippen LogP) is 4.16. The normalized spacial score (nSPS) is 16.7. The van der Waals surface area contributed by atoms with Gasteiger partial charge in [-0.1, -0.05) is 36.4 Å². The number of aromatic amines is 1. The number of nitrogens with zero attached hydrogens (tertiary/aromatic N) is 2. The van der Waals surface area contributed by atoms with Crippen molar-refractivity contribution in [2.24, 2.45) is 10.9 Å². The Balaban J connectivity index is 1.50. The van der Waals surface area contributed by atoms with Crippen molar-refractivity contribution in [2.75, 3.05) is 6.61 Å². The first kappa shape index (κ1) is 17.3. The largest absolute Gasteiger partial charge is 0.465 e. The molecule has 1 aromatic heterocycles. The van der Waals surface area contributed by atoms with Gasteiger partial charge < -0.3 is 4.74 Å². The number of benzene rings is 3. The van der Waals surface area contributed by atoms with Crippen LogP contribution in [0, 0.1) is 5.92 Å². The van der Waals surface area contributed by atoms with Crippen LogP contribution < -0.4 is 0 Å². The van der Waals surface area contributed by atoms with E-state index in [-0.39, 0.29) is 5.97 Å². The van der Waals surface area contributed by atoms with E-state index < -0.39 is 11.8 Å². The van der Waals surface area contributed by atoms with E-state index in [0.717, 1.165) is 32.9 Å². The highest BCUT2D eigenvalue weighted by Crippen LogP contribution is 2.29. The highest BCUT2D eigenvalue weighted by Gasteiger charge is 2.24. The van der Waals surface area contributed by atoms with Crippen LogP contribution in [0.2, 0.25) is 0 Å². The molecule has 1 N–H and O–H groups in total. The lowest BCUT2D eigenvalue weighted by molar-refractivity contribution is -0.139. The summed E-state index contributed by atoms with van der Waals surface area (Å²) in [7, 11) is 0. The molecule has 1 unspecified atom stereocenters. The minimum absolute atomic E-state index is 0.328. The number of rotatable bonds is 3. The number of esters is 1. The first-order chi connectivity index (χ1) is 14.2. The van der Waals surface area contributed by atoms with Crippen molar-refractivity contribution in [3.63, 3.8) is 0 Å². The van der Waals surface area contributed by atoms with Crippen LogP contribution in [0.15, 0.2) is 65.7 Å². The molecule has 0 bridgehead atoms. The van der Waals surface area contributed by atoms with E-state index in [0.29, 0.717) is 18.6 Å². The van der Waals surface area contributed by atoms with Gasteiger partial charge in [-0.3, -0.25) is 14.7 Å². The summed E-state index contributed by atoms with van der Waals surface area (Å²) >= 11 is 0. The molecule has 2 heterocycles. The van der Waals surface area contributed by atoms with Crippen molar-refractivity contribution in [1.82, 2.24) is 10.2 Å². The number of aliphatic imine (C=N–C) groups is 1. The number of cyclic esters (lactones) is 1. The Morgan fingerprint density at radius 2 is 1.97 bits per heavy atom. The lowest BCUT2D eigenvalue weighted by Crippen LogP contribution is -2.10. The number of hydrogen-bond acceptors (Lipinski definition) is 4. The predicted molar refractivity (Wildman–Crippen MR) is 111 cm³/mol. The Bertz CT molecular complexity index is 1290.